The van der Waals surface area contributed by atoms with Gasteiger partial charge in [0.05, 0.1) is 38.8 Å². The van der Waals surface area contributed by atoms with Crippen molar-refractivity contribution in [1.82, 2.24) is 0 Å². The highest BCUT2D eigenvalue weighted by Gasteiger charge is 2.42. The van der Waals surface area contributed by atoms with E-state index in [4.69, 9.17) is 44.3 Å². The lowest BCUT2D eigenvalue weighted by atomic mass is 9.76. The van der Waals surface area contributed by atoms with Gasteiger partial charge in [-0.05, 0) is 64.2 Å². The second-order valence-electron chi connectivity index (χ2n) is 8.65. The van der Waals surface area contributed by atoms with Crippen LogP contribution in [0.4, 0.5) is 11.4 Å². The Kier molecular flexibility index (Phi) is 7.10. The fourth-order valence-corrected chi connectivity index (χ4v) is 6.25. The molecule has 0 bridgehead atoms. The van der Waals surface area contributed by atoms with Crippen molar-refractivity contribution in [2.45, 2.75) is 25.0 Å². The van der Waals surface area contributed by atoms with Gasteiger partial charge in [-0.2, -0.15) is 0 Å². The van der Waals surface area contributed by atoms with Gasteiger partial charge < -0.3 is 14.8 Å². The molecular weight excluding hydrogens is 591 g/mol. The van der Waals surface area contributed by atoms with Crippen molar-refractivity contribution in [2.75, 3.05) is 12.4 Å². The highest BCUT2D eigenvalue weighted by Crippen LogP contribution is 2.55. The molecule has 1 N–H and O–H groups in total. The Morgan fingerprint density at radius 3 is 2.67 bits per heavy atom. The number of fused-ring (bicyclic) bond motifs is 3. The van der Waals surface area contributed by atoms with Gasteiger partial charge in [-0.1, -0.05) is 53.0 Å². The van der Waals surface area contributed by atoms with E-state index in [9.17, 15) is 10.1 Å². The number of nitrogens with one attached hydrogen (secondary N) is 1. The SMILES string of the molecule is COc1cc([C@@H]2Nc3c(Cl)ccc([N+](=O)[O-])c3[C@H]3C=CC[C@H]32)cc(Br)c1OCc1ccc(Cl)cc1Cl. The molecular formula is C26H20BrCl3N2O4. The van der Waals surface area contributed by atoms with Crippen LogP contribution < -0.4 is 14.8 Å². The maximum absolute atomic E-state index is 11.8. The van der Waals surface area contributed by atoms with E-state index in [0.29, 0.717) is 42.3 Å². The van der Waals surface area contributed by atoms with Gasteiger partial charge in [-0.25, -0.2) is 0 Å². The van der Waals surface area contributed by atoms with Gasteiger partial charge in [0, 0.05) is 27.6 Å². The van der Waals surface area contributed by atoms with E-state index in [1.54, 1.807) is 25.3 Å². The van der Waals surface area contributed by atoms with Crippen LogP contribution in [-0.2, 0) is 6.61 Å². The van der Waals surface area contributed by atoms with E-state index in [0.717, 1.165) is 17.5 Å². The van der Waals surface area contributed by atoms with Crippen LogP contribution in [0.25, 0.3) is 0 Å². The molecule has 3 aromatic carbocycles. The zero-order valence-corrected chi connectivity index (χ0v) is 22.8. The molecule has 0 spiro atoms. The van der Waals surface area contributed by atoms with E-state index >= 15 is 0 Å². The first-order valence-electron chi connectivity index (χ1n) is 11.1. The summed E-state index contributed by atoms with van der Waals surface area (Å²) in [6.45, 7) is 0.229. The van der Waals surface area contributed by atoms with Gasteiger partial charge in [0.2, 0.25) is 0 Å². The van der Waals surface area contributed by atoms with Crippen LogP contribution >= 0.6 is 50.7 Å². The Labute approximate surface area is 231 Å². The second kappa shape index (κ2) is 10.1. The molecule has 5 rings (SSSR count). The number of allylic oxidation sites excluding steroid dienone is 2. The van der Waals surface area contributed by atoms with Crippen LogP contribution in [-0.4, -0.2) is 12.0 Å². The number of methoxy groups -OCH3 is 1. The maximum Gasteiger partial charge on any atom is 0.275 e. The zero-order valence-electron chi connectivity index (χ0n) is 18.9. The summed E-state index contributed by atoms with van der Waals surface area (Å²) in [5.41, 5.74) is 3.04. The van der Waals surface area contributed by atoms with E-state index in [2.05, 4.69) is 27.3 Å². The molecule has 3 atom stereocenters. The lowest BCUT2D eigenvalue weighted by Gasteiger charge is -2.37. The molecule has 1 aliphatic carbocycles. The third kappa shape index (κ3) is 4.54. The normalized spacial score (nSPS) is 19.9. The molecule has 0 radical (unpaired) electrons. The fraction of sp³-hybridized carbons (Fsp3) is 0.231. The molecule has 10 heteroatoms. The zero-order chi connectivity index (χ0) is 25.6. The Hall–Kier alpha value is -2.45. The van der Waals surface area contributed by atoms with Crippen molar-refractivity contribution < 1.29 is 14.4 Å². The Morgan fingerprint density at radius 2 is 1.94 bits per heavy atom. The largest absolute Gasteiger partial charge is 0.493 e. The average Bonchev–Trinajstić information content (AvgIpc) is 3.33. The lowest BCUT2D eigenvalue weighted by molar-refractivity contribution is -0.385. The summed E-state index contributed by atoms with van der Waals surface area (Å²) in [5, 5.41) is 16.8. The number of hydrogen-bond acceptors (Lipinski definition) is 5. The third-order valence-corrected chi connectivity index (χ3v) is 8.13. The van der Waals surface area contributed by atoms with Crippen LogP contribution in [0.1, 0.15) is 35.1 Å². The van der Waals surface area contributed by atoms with E-state index in [1.165, 1.54) is 6.07 Å². The highest BCUT2D eigenvalue weighted by atomic mass is 79.9. The number of halogens is 4. The summed E-state index contributed by atoms with van der Waals surface area (Å²) in [5.74, 6) is 1.03. The van der Waals surface area contributed by atoms with Crippen LogP contribution in [0.15, 0.2) is 59.1 Å². The molecule has 1 heterocycles. The van der Waals surface area contributed by atoms with E-state index in [1.807, 2.05) is 24.3 Å². The number of ether oxygens (including phenoxy) is 2. The van der Waals surface area contributed by atoms with Gasteiger partial charge in [0.15, 0.2) is 11.5 Å². The topological polar surface area (TPSA) is 73.6 Å². The molecule has 0 unspecified atom stereocenters. The van der Waals surface area contributed by atoms with Crippen molar-refractivity contribution in [3.8, 4) is 11.5 Å². The standard InChI is InChI=1S/C26H20BrCl3N2O4/c1-35-22-10-14(9-18(27)26(22)36-12-13-5-6-15(28)11-20(13)30)24-17-4-2-3-16(17)23-21(32(33)34)8-7-19(29)25(23)31-24/h2-3,5-11,16-17,24,31H,4,12H2,1H3/t16-,17+,24-/m0/s1. The van der Waals surface area contributed by atoms with E-state index < -0.39 is 0 Å². The third-order valence-electron chi connectivity index (χ3n) is 6.64. The monoisotopic (exact) mass is 608 g/mol. The van der Waals surface area contributed by atoms with Crippen LogP contribution in [0, 0.1) is 16.0 Å². The molecule has 0 amide bonds. The van der Waals surface area contributed by atoms with Crippen molar-refractivity contribution in [3.05, 3.63) is 101 Å². The Balaban J connectivity index is 1.50. The molecule has 3 aromatic rings. The van der Waals surface area contributed by atoms with Gasteiger partial charge in [0.1, 0.15) is 6.61 Å². The first kappa shape index (κ1) is 25.2. The maximum atomic E-state index is 11.8. The predicted octanol–water partition coefficient (Wildman–Crippen LogP) is 8.73. The molecule has 0 saturated carbocycles. The number of hydrogen-bond donors (Lipinski definition) is 1. The molecule has 1 aliphatic heterocycles. The second-order valence-corrected chi connectivity index (χ2v) is 10.8. The Morgan fingerprint density at radius 1 is 1.14 bits per heavy atom. The number of nitro benzene ring substituents is 1. The number of rotatable bonds is 6. The van der Waals surface area contributed by atoms with Gasteiger partial charge >= 0.3 is 0 Å². The molecule has 6 nitrogen and oxygen atoms in total. The summed E-state index contributed by atoms with van der Waals surface area (Å²) < 4.78 is 12.5. The average molecular weight is 611 g/mol. The summed E-state index contributed by atoms with van der Waals surface area (Å²) >= 11 is 22.5. The molecule has 186 valence electrons. The quantitative estimate of drug-likeness (QED) is 0.172. The minimum atomic E-state index is -0.348. The highest BCUT2D eigenvalue weighted by molar-refractivity contribution is 9.10. The summed E-state index contributed by atoms with van der Waals surface area (Å²) in [6, 6.07) is 12.0. The van der Waals surface area contributed by atoms with Crippen molar-refractivity contribution in [1.29, 1.82) is 0 Å². The first-order valence-corrected chi connectivity index (χ1v) is 13.0. The van der Waals surface area contributed by atoms with Crippen LogP contribution in [0.5, 0.6) is 11.5 Å². The number of anilines is 1. The number of benzene rings is 3. The van der Waals surface area contributed by atoms with Crippen molar-refractivity contribution in [2.24, 2.45) is 5.92 Å². The Bertz CT molecular complexity index is 1400. The first-order chi connectivity index (χ1) is 17.3. The summed E-state index contributed by atoms with van der Waals surface area (Å²) in [4.78, 5) is 11.4. The summed E-state index contributed by atoms with van der Waals surface area (Å²) in [7, 11) is 1.58. The molecule has 36 heavy (non-hydrogen) atoms. The van der Waals surface area contributed by atoms with Gasteiger partial charge in [-0.15, -0.1) is 0 Å². The van der Waals surface area contributed by atoms with Crippen molar-refractivity contribution >= 4 is 62.1 Å². The number of nitro groups is 1. The molecule has 0 fully saturated rings. The molecule has 2 aliphatic rings. The van der Waals surface area contributed by atoms with Gasteiger partial charge in [0.25, 0.3) is 5.69 Å². The minimum absolute atomic E-state index is 0.0743. The van der Waals surface area contributed by atoms with E-state index in [-0.39, 0.29) is 35.1 Å². The molecule has 0 aromatic heterocycles. The summed E-state index contributed by atoms with van der Waals surface area (Å²) in [6.07, 6.45) is 4.89. The fourth-order valence-electron chi connectivity index (χ4n) is 4.99. The predicted molar refractivity (Wildman–Crippen MR) is 146 cm³/mol. The lowest BCUT2D eigenvalue weighted by Crippen LogP contribution is -2.30. The van der Waals surface area contributed by atoms with Crippen LogP contribution in [0.2, 0.25) is 15.1 Å². The minimum Gasteiger partial charge on any atom is -0.493 e. The van der Waals surface area contributed by atoms with Crippen LogP contribution in [0.3, 0.4) is 0 Å². The number of nitrogens with zero attached hydrogens (tertiary/aromatic N) is 1. The molecule has 0 saturated heterocycles. The van der Waals surface area contributed by atoms with Crippen molar-refractivity contribution in [3.63, 3.8) is 0 Å². The smallest absolute Gasteiger partial charge is 0.275 e. The van der Waals surface area contributed by atoms with Gasteiger partial charge in [-0.3, -0.25) is 10.1 Å².